The maximum atomic E-state index is 12.6. The van der Waals surface area contributed by atoms with E-state index in [0.29, 0.717) is 13.0 Å². The number of aliphatic hydroxyl groups is 2. The van der Waals surface area contributed by atoms with E-state index in [-0.39, 0.29) is 34.8 Å². The van der Waals surface area contributed by atoms with Gasteiger partial charge in [0.15, 0.2) is 0 Å². The van der Waals surface area contributed by atoms with E-state index in [1.54, 1.807) is 48.5 Å². The molecule has 1 amide bonds. The van der Waals surface area contributed by atoms with Gasteiger partial charge < -0.3 is 41.3 Å². The number of hydrogen-bond acceptors (Lipinski definition) is 8. The lowest BCUT2D eigenvalue weighted by atomic mass is 10.0. The number of benzene rings is 2. The molecular formula is C43H72Cl2N4O5. The summed E-state index contributed by atoms with van der Waals surface area (Å²) >= 11 is 9.53. The predicted molar refractivity (Wildman–Crippen MR) is 224 cm³/mol. The molecule has 0 aliphatic carbocycles. The van der Waals surface area contributed by atoms with Gasteiger partial charge in [-0.15, -0.1) is 23.2 Å². The molecule has 2 heterocycles. The van der Waals surface area contributed by atoms with Gasteiger partial charge in [-0.2, -0.15) is 0 Å². The highest BCUT2D eigenvalue weighted by molar-refractivity contribution is 6.40. The van der Waals surface area contributed by atoms with Crippen LogP contribution < -0.4 is 11.1 Å². The molecule has 0 bridgehead atoms. The average molecular weight is 796 g/mol. The number of amides is 1. The number of aliphatic hydroxyl groups excluding tert-OH is 2. The minimum Gasteiger partial charge on any atom is -0.508 e. The highest BCUT2D eigenvalue weighted by Gasteiger charge is 2.26. The maximum absolute atomic E-state index is 12.6. The monoisotopic (exact) mass is 794 g/mol. The van der Waals surface area contributed by atoms with Gasteiger partial charge in [0.05, 0.1) is 17.5 Å². The van der Waals surface area contributed by atoms with E-state index in [9.17, 15) is 25.2 Å². The summed E-state index contributed by atoms with van der Waals surface area (Å²) in [4.78, 5) is 17.2. The van der Waals surface area contributed by atoms with Crippen molar-refractivity contribution in [1.29, 1.82) is 0 Å². The van der Waals surface area contributed by atoms with Gasteiger partial charge in [0.25, 0.3) is 0 Å². The topological polar surface area (TPSA) is 143 Å². The fraction of sp³-hybridized carbons (Fsp3) is 0.698. The normalized spacial score (nSPS) is 16.8. The predicted octanol–water partition coefficient (Wildman–Crippen LogP) is 8.76. The smallest absolute Gasteiger partial charge is 0.220 e. The number of alkyl halides is 2. The average Bonchev–Trinajstić information content (AvgIpc) is 3.89. The van der Waals surface area contributed by atoms with Crippen molar-refractivity contribution in [2.45, 2.75) is 147 Å². The van der Waals surface area contributed by atoms with E-state index in [2.05, 4.69) is 22.0 Å². The van der Waals surface area contributed by atoms with Crippen LogP contribution in [0.5, 0.6) is 11.5 Å². The Balaban J connectivity index is 0.000000417. The number of carbonyl (C=O) groups excluding carboxylic acids is 1. The Kier molecular flexibility index (Phi) is 26.8. The number of phenols is 2. The van der Waals surface area contributed by atoms with Crippen molar-refractivity contribution in [3.05, 3.63) is 59.7 Å². The van der Waals surface area contributed by atoms with Gasteiger partial charge >= 0.3 is 0 Å². The fourth-order valence-electron chi connectivity index (χ4n) is 7.24. The van der Waals surface area contributed by atoms with Crippen LogP contribution in [0.2, 0.25) is 0 Å². The minimum atomic E-state index is -0.781. The second-order valence-electron chi connectivity index (χ2n) is 15.0. The van der Waals surface area contributed by atoms with E-state index >= 15 is 0 Å². The summed E-state index contributed by atoms with van der Waals surface area (Å²) in [7, 11) is 0. The molecule has 7 N–H and O–H groups in total. The lowest BCUT2D eigenvalue weighted by Gasteiger charge is -2.28. The Morgan fingerprint density at radius 3 is 1.44 bits per heavy atom. The van der Waals surface area contributed by atoms with Crippen molar-refractivity contribution in [2.24, 2.45) is 5.73 Å². The molecule has 0 aromatic heterocycles. The SMILES string of the molecule is CCCCCCCCCCCCCCCC(=O)N[C@H](CN1CCCC1)[C@H](O)c1ccc(O)cc1.ClCCl.N[C@H](CN1CCCC1)[C@H](O)c1ccc(O)cc1. The molecule has 2 aromatic rings. The number of halogens is 2. The van der Waals surface area contributed by atoms with E-state index in [1.165, 1.54) is 96.3 Å². The highest BCUT2D eigenvalue weighted by Crippen LogP contribution is 2.23. The molecule has 2 fully saturated rings. The molecule has 0 radical (unpaired) electrons. The molecule has 2 aliphatic heterocycles. The molecule has 9 nitrogen and oxygen atoms in total. The van der Waals surface area contributed by atoms with Crippen molar-refractivity contribution in [1.82, 2.24) is 15.1 Å². The molecule has 0 unspecified atom stereocenters. The van der Waals surface area contributed by atoms with E-state index < -0.39 is 12.2 Å². The molecule has 54 heavy (non-hydrogen) atoms. The minimum absolute atomic E-state index is 0.0325. The number of phenolic OH excluding ortho intramolecular Hbond substituents is 2. The first kappa shape index (κ1) is 48.0. The van der Waals surface area contributed by atoms with Crippen molar-refractivity contribution < 1.29 is 25.2 Å². The largest absolute Gasteiger partial charge is 0.508 e. The van der Waals surface area contributed by atoms with Gasteiger partial charge in [0.1, 0.15) is 17.6 Å². The maximum Gasteiger partial charge on any atom is 0.220 e. The fourth-order valence-corrected chi connectivity index (χ4v) is 7.24. The number of likely N-dealkylation sites (tertiary alicyclic amines) is 2. The van der Waals surface area contributed by atoms with Crippen LogP contribution in [0.4, 0.5) is 0 Å². The second kappa shape index (κ2) is 30.1. The second-order valence-corrected chi connectivity index (χ2v) is 15.8. The third-order valence-corrected chi connectivity index (χ3v) is 10.4. The molecule has 4 rings (SSSR count). The van der Waals surface area contributed by atoms with Crippen molar-refractivity contribution >= 4 is 29.1 Å². The Bertz CT molecular complexity index is 1200. The Morgan fingerprint density at radius 1 is 0.648 bits per heavy atom. The molecule has 2 saturated heterocycles. The number of aromatic hydroxyl groups is 2. The van der Waals surface area contributed by atoms with Gasteiger partial charge in [0, 0.05) is 25.6 Å². The Hall–Kier alpha value is -2.11. The van der Waals surface area contributed by atoms with Crippen LogP contribution in [0, 0.1) is 0 Å². The number of nitrogens with one attached hydrogen (secondary N) is 1. The molecule has 2 aliphatic rings. The van der Waals surface area contributed by atoms with E-state index in [1.807, 2.05) is 0 Å². The van der Waals surface area contributed by atoms with Crippen LogP contribution in [0.15, 0.2) is 48.5 Å². The lowest BCUT2D eigenvalue weighted by molar-refractivity contribution is -0.123. The lowest BCUT2D eigenvalue weighted by Crippen LogP contribution is -2.46. The molecule has 308 valence electrons. The van der Waals surface area contributed by atoms with Crippen LogP contribution in [0.1, 0.15) is 146 Å². The quantitative estimate of drug-likeness (QED) is 0.0485. The first-order valence-electron chi connectivity index (χ1n) is 20.7. The summed E-state index contributed by atoms with van der Waals surface area (Å²) in [5.74, 6) is 0.414. The van der Waals surface area contributed by atoms with Gasteiger partial charge in [-0.05, 0) is 93.7 Å². The van der Waals surface area contributed by atoms with E-state index in [4.69, 9.17) is 28.9 Å². The number of nitrogens with two attached hydrogens (primary N) is 1. The number of nitrogens with zero attached hydrogens (tertiary/aromatic N) is 2. The molecule has 0 saturated carbocycles. The third-order valence-electron chi connectivity index (χ3n) is 10.4. The van der Waals surface area contributed by atoms with Crippen molar-refractivity contribution in [3.63, 3.8) is 0 Å². The summed E-state index contributed by atoms with van der Waals surface area (Å²) in [6.07, 6.45) is 20.7. The number of rotatable bonds is 23. The zero-order valence-electron chi connectivity index (χ0n) is 33.0. The zero-order valence-corrected chi connectivity index (χ0v) is 34.5. The van der Waals surface area contributed by atoms with Crippen molar-refractivity contribution in [2.75, 3.05) is 44.6 Å². The van der Waals surface area contributed by atoms with Crippen LogP contribution in [0.3, 0.4) is 0 Å². The summed E-state index contributed by atoms with van der Waals surface area (Å²) in [6.45, 7) is 7.85. The standard InChI is InChI=1S/C29H50N2O3.C13H20N2O2.CH2Cl2/c1-2-3-4-5-6-7-8-9-10-11-12-13-14-17-28(33)30-27(24-31-22-15-16-23-31)29(34)25-18-20-26(32)21-19-25;14-12(9-15-7-1-2-8-15)13(17)10-3-5-11(16)6-4-10;2-1-3/h18-21,27,29,32,34H,2-17,22-24H2,1H3,(H,30,33);3-6,12-13,16-17H,1-2,7-9,14H2;1H2/t27-,29-;12-,13-;/m11./s1. The van der Waals surface area contributed by atoms with Gasteiger partial charge in [-0.3, -0.25) is 4.79 Å². The highest BCUT2D eigenvalue weighted by atomic mass is 35.5. The Morgan fingerprint density at radius 2 is 1.02 bits per heavy atom. The zero-order chi connectivity index (χ0) is 39.4. The van der Waals surface area contributed by atoms with E-state index in [0.717, 1.165) is 56.7 Å². The molecule has 0 spiro atoms. The van der Waals surface area contributed by atoms with Crippen LogP contribution in [-0.2, 0) is 4.79 Å². The first-order chi connectivity index (χ1) is 26.2. The Labute approximate surface area is 336 Å². The van der Waals surface area contributed by atoms with Gasteiger partial charge in [-0.1, -0.05) is 108 Å². The molecule has 2 aromatic carbocycles. The summed E-state index contributed by atoms with van der Waals surface area (Å²) in [6, 6.07) is 12.6. The van der Waals surface area contributed by atoms with Crippen LogP contribution in [0.25, 0.3) is 0 Å². The third kappa shape index (κ3) is 21.3. The number of hydrogen-bond donors (Lipinski definition) is 6. The van der Waals surface area contributed by atoms with Crippen LogP contribution >= 0.6 is 23.2 Å². The summed E-state index contributed by atoms with van der Waals surface area (Å²) in [5.41, 5.74) is 7.50. The molecule has 11 heteroatoms. The van der Waals surface area contributed by atoms with Gasteiger partial charge in [-0.25, -0.2) is 0 Å². The van der Waals surface area contributed by atoms with Crippen LogP contribution in [-0.4, -0.2) is 92.8 Å². The van der Waals surface area contributed by atoms with Gasteiger partial charge in [0.2, 0.25) is 5.91 Å². The molecular weight excluding hydrogens is 723 g/mol. The number of unbranched alkanes of at least 4 members (excludes halogenated alkanes) is 12. The first-order valence-corrected chi connectivity index (χ1v) is 21.8. The number of carbonyl (C=O) groups is 1. The van der Waals surface area contributed by atoms with Crippen molar-refractivity contribution in [3.8, 4) is 11.5 Å². The molecule has 4 atom stereocenters. The summed E-state index contributed by atoms with van der Waals surface area (Å²) < 4.78 is 0. The summed E-state index contributed by atoms with van der Waals surface area (Å²) in [5, 5.41) is 43.1.